The lowest BCUT2D eigenvalue weighted by molar-refractivity contribution is 0.747. The van der Waals surface area contributed by atoms with Crippen LogP contribution in [0, 0.1) is 11.8 Å². The molecular weight excluding hydrogens is 300 g/mol. The molecule has 0 bridgehead atoms. The van der Waals surface area contributed by atoms with E-state index < -0.39 is 0 Å². The zero-order valence-corrected chi connectivity index (χ0v) is 15.9. The van der Waals surface area contributed by atoms with Crippen LogP contribution in [0.1, 0.15) is 47.0 Å². The summed E-state index contributed by atoms with van der Waals surface area (Å²) in [4.78, 5) is 0. The predicted molar refractivity (Wildman–Crippen MR) is 108 cm³/mol. The fraction of sp³-hybridized carbons (Fsp3) is 0.360. The Morgan fingerprint density at radius 1 is 0.840 bits per heavy atom. The van der Waals surface area contributed by atoms with Gasteiger partial charge in [0.1, 0.15) is 0 Å². The van der Waals surface area contributed by atoms with Crippen LogP contribution in [0.4, 0.5) is 0 Å². The van der Waals surface area contributed by atoms with Crippen LogP contribution in [-0.4, -0.2) is 0 Å². The monoisotopic (exact) mass is 328 g/mol. The van der Waals surface area contributed by atoms with E-state index in [1.807, 2.05) is 0 Å². The first-order valence-electron chi connectivity index (χ1n) is 9.64. The highest BCUT2D eigenvalue weighted by molar-refractivity contribution is 5.69. The first kappa shape index (κ1) is 16.4. The van der Waals surface area contributed by atoms with Crippen molar-refractivity contribution in [1.29, 1.82) is 0 Å². The molecule has 0 spiro atoms. The predicted octanol–water partition coefficient (Wildman–Crippen LogP) is 5.22. The number of hydrogen-bond acceptors (Lipinski definition) is 0. The average molecular weight is 328 g/mol. The fourth-order valence-electron chi connectivity index (χ4n) is 4.89. The Morgan fingerprint density at radius 3 is 2.36 bits per heavy atom. The highest BCUT2D eigenvalue weighted by Crippen LogP contribution is 2.42. The van der Waals surface area contributed by atoms with Gasteiger partial charge in [0, 0.05) is 5.92 Å². The zero-order chi connectivity index (χ0) is 17.6. The third kappa shape index (κ3) is 2.59. The Balaban J connectivity index is 1.53. The summed E-state index contributed by atoms with van der Waals surface area (Å²) < 4.78 is 0. The van der Waals surface area contributed by atoms with Crippen LogP contribution in [0.3, 0.4) is 0 Å². The van der Waals surface area contributed by atoms with Gasteiger partial charge in [-0.05, 0) is 73.1 Å². The minimum atomic E-state index is 0.539. The molecule has 25 heavy (non-hydrogen) atoms. The summed E-state index contributed by atoms with van der Waals surface area (Å²) in [5.41, 5.74) is 9.39. The van der Waals surface area contributed by atoms with Crippen LogP contribution in [0.5, 0.6) is 0 Å². The number of fused-ring (bicyclic) bond motifs is 2. The van der Waals surface area contributed by atoms with Gasteiger partial charge in [0.05, 0.1) is 0 Å². The van der Waals surface area contributed by atoms with Crippen LogP contribution in [0.25, 0.3) is 11.1 Å². The molecule has 128 valence electrons. The molecule has 0 heteroatoms. The summed E-state index contributed by atoms with van der Waals surface area (Å²) in [6.45, 7) is 9.29. The van der Waals surface area contributed by atoms with Crippen LogP contribution < -0.4 is 10.4 Å². The van der Waals surface area contributed by atoms with E-state index in [-0.39, 0.29) is 0 Å². The van der Waals surface area contributed by atoms with Crippen LogP contribution in [-0.2, 0) is 0 Å². The molecule has 0 aromatic heterocycles. The summed E-state index contributed by atoms with van der Waals surface area (Å²) in [6, 6.07) is 8.96. The van der Waals surface area contributed by atoms with E-state index in [0.717, 1.165) is 0 Å². The molecule has 0 fully saturated rings. The topological polar surface area (TPSA) is 0 Å². The van der Waals surface area contributed by atoms with Gasteiger partial charge in [-0.1, -0.05) is 72.2 Å². The van der Waals surface area contributed by atoms with Crippen molar-refractivity contribution in [3.63, 3.8) is 0 Å². The van der Waals surface area contributed by atoms with E-state index in [9.17, 15) is 0 Å². The summed E-state index contributed by atoms with van der Waals surface area (Å²) in [5, 5.41) is 2.97. The molecule has 0 nitrogen and oxygen atoms in total. The second kappa shape index (κ2) is 6.33. The van der Waals surface area contributed by atoms with Crippen molar-refractivity contribution in [2.45, 2.75) is 47.0 Å². The lowest BCUT2D eigenvalue weighted by atomic mass is 9.87. The van der Waals surface area contributed by atoms with E-state index in [2.05, 4.69) is 76.3 Å². The van der Waals surface area contributed by atoms with Gasteiger partial charge in [0.2, 0.25) is 0 Å². The van der Waals surface area contributed by atoms with Gasteiger partial charge in [-0.15, -0.1) is 0 Å². The molecule has 3 aliphatic rings. The van der Waals surface area contributed by atoms with E-state index in [0.29, 0.717) is 11.8 Å². The average Bonchev–Trinajstić information content (AvgIpc) is 3.03. The Morgan fingerprint density at radius 2 is 1.56 bits per heavy atom. The van der Waals surface area contributed by atoms with Crippen LogP contribution in [0.15, 0.2) is 70.9 Å². The molecule has 0 saturated heterocycles. The van der Waals surface area contributed by atoms with Crippen molar-refractivity contribution in [3.8, 4) is 0 Å². The Bertz CT molecular complexity index is 960. The normalized spacial score (nSPS) is 24.5. The first-order valence-corrected chi connectivity index (χ1v) is 9.64. The molecular formula is C25H28. The van der Waals surface area contributed by atoms with Crippen LogP contribution in [0.2, 0.25) is 0 Å². The molecule has 2 atom stereocenters. The second-order valence-electron chi connectivity index (χ2n) is 7.78. The van der Waals surface area contributed by atoms with Crippen molar-refractivity contribution in [2.75, 3.05) is 0 Å². The molecule has 0 heterocycles. The number of rotatable bonds is 4. The second-order valence-corrected chi connectivity index (χ2v) is 7.78. The fourth-order valence-corrected chi connectivity index (χ4v) is 4.89. The third-order valence-electron chi connectivity index (χ3n) is 6.64. The van der Waals surface area contributed by atoms with Crippen molar-refractivity contribution in [1.82, 2.24) is 0 Å². The summed E-state index contributed by atoms with van der Waals surface area (Å²) in [6.07, 6.45) is 12.8. The Kier molecular flexibility index (Phi) is 4.15. The highest BCUT2D eigenvalue weighted by atomic mass is 14.3. The summed E-state index contributed by atoms with van der Waals surface area (Å²) in [7, 11) is 0. The standard InChI is InChI=1S/C25H28/c1-16-18(3)22(24-12-7-5-10-20(16)24)14-9-15-23-19(4)17(2)21-11-6-8-13-25(21)23/h5-8,10-13,18,25H,9,14-15H2,1-4H3. The molecule has 1 aromatic carbocycles. The quantitative estimate of drug-likeness (QED) is 0.711. The van der Waals surface area contributed by atoms with Crippen molar-refractivity contribution in [2.24, 2.45) is 11.8 Å². The first-order chi connectivity index (χ1) is 12.1. The molecule has 1 aromatic rings. The number of hydrogen-bond donors (Lipinski definition) is 0. The number of allylic oxidation sites excluding steroid dienone is 8. The largest absolute Gasteiger partial charge is 0.0729 e. The minimum absolute atomic E-state index is 0.539. The van der Waals surface area contributed by atoms with Gasteiger partial charge in [-0.25, -0.2) is 0 Å². The van der Waals surface area contributed by atoms with Gasteiger partial charge in [0.15, 0.2) is 0 Å². The number of benzene rings is 1. The maximum atomic E-state index is 2.38. The Labute approximate surface area is 151 Å². The smallest absolute Gasteiger partial charge is 0.0239 e. The Hall–Kier alpha value is -2.08. The van der Waals surface area contributed by atoms with E-state index >= 15 is 0 Å². The van der Waals surface area contributed by atoms with Crippen molar-refractivity contribution in [3.05, 3.63) is 81.3 Å². The highest BCUT2D eigenvalue weighted by Gasteiger charge is 2.27. The zero-order valence-electron chi connectivity index (χ0n) is 15.9. The molecule has 4 rings (SSSR count). The third-order valence-corrected chi connectivity index (χ3v) is 6.64. The van der Waals surface area contributed by atoms with Gasteiger partial charge in [0.25, 0.3) is 0 Å². The van der Waals surface area contributed by atoms with Crippen molar-refractivity contribution < 1.29 is 0 Å². The summed E-state index contributed by atoms with van der Waals surface area (Å²) >= 11 is 0. The lowest BCUT2D eigenvalue weighted by Gasteiger charge is -2.18. The SMILES string of the molecule is CC1=C2C=CC=CC2C(CCCC2=c3ccccc3=C(C)C2C)=C1C. The minimum Gasteiger partial charge on any atom is -0.0729 e. The van der Waals surface area contributed by atoms with Gasteiger partial charge >= 0.3 is 0 Å². The van der Waals surface area contributed by atoms with Gasteiger partial charge in [-0.2, -0.15) is 0 Å². The summed E-state index contributed by atoms with van der Waals surface area (Å²) in [5.74, 6) is 1.14. The molecule has 0 amide bonds. The molecule has 2 unspecified atom stereocenters. The van der Waals surface area contributed by atoms with E-state index in [1.54, 1.807) is 16.7 Å². The van der Waals surface area contributed by atoms with E-state index in [1.165, 1.54) is 46.4 Å². The molecule has 0 saturated carbocycles. The van der Waals surface area contributed by atoms with Gasteiger partial charge in [-0.3, -0.25) is 0 Å². The maximum Gasteiger partial charge on any atom is 0.0239 e. The van der Waals surface area contributed by atoms with Crippen molar-refractivity contribution >= 4 is 11.1 Å². The molecule has 0 N–H and O–H groups in total. The maximum absolute atomic E-state index is 2.38. The van der Waals surface area contributed by atoms with Gasteiger partial charge < -0.3 is 0 Å². The molecule has 0 radical (unpaired) electrons. The molecule has 0 aliphatic heterocycles. The van der Waals surface area contributed by atoms with E-state index in [4.69, 9.17) is 0 Å². The lowest BCUT2D eigenvalue weighted by Crippen LogP contribution is -2.23. The van der Waals surface area contributed by atoms with Crippen LogP contribution >= 0.6 is 0 Å². The molecule has 3 aliphatic carbocycles.